The van der Waals surface area contributed by atoms with Crippen molar-refractivity contribution in [2.75, 3.05) is 24.0 Å². The maximum Gasteiger partial charge on any atom is 0.418 e. The van der Waals surface area contributed by atoms with Gasteiger partial charge in [-0.05, 0) is 18.6 Å². The maximum atomic E-state index is 12.7. The van der Waals surface area contributed by atoms with Gasteiger partial charge in [0, 0.05) is 12.6 Å². The van der Waals surface area contributed by atoms with E-state index in [1.165, 1.54) is 30.2 Å². The molecule has 25 heavy (non-hydrogen) atoms. The van der Waals surface area contributed by atoms with Gasteiger partial charge >= 0.3 is 12.2 Å². The zero-order chi connectivity index (χ0) is 18.4. The molecule has 2 rings (SSSR count). The first-order valence-corrected chi connectivity index (χ1v) is 8.14. The van der Waals surface area contributed by atoms with Gasteiger partial charge in [0.05, 0.1) is 25.6 Å². The van der Waals surface area contributed by atoms with Gasteiger partial charge in [-0.1, -0.05) is 31.9 Å². The van der Waals surface area contributed by atoms with Crippen LogP contribution in [0.1, 0.15) is 32.6 Å². The molecule has 0 spiro atoms. The zero-order valence-electron chi connectivity index (χ0n) is 14.7. The van der Waals surface area contributed by atoms with Crippen molar-refractivity contribution in [1.29, 1.82) is 0 Å². The number of rotatable bonds is 5. The third-order valence-electron chi connectivity index (χ3n) is 3.90. The fraction of sp³-hybridized carbons (Fsp3) is 0.389. The Labute approximate surface area is 146 Å². The number of carbonyl (C=O) groups excluding carboxylic acids is 3. The van der Waals surface area contributed by atoms with Crippen LogP contribution in [-0.4, -0.2) is 32.2 Å². The van der Waals surface area contributed by atoms with Gasteiger partial charge in [-0.2, -0.15) is 0 Å². The number of amides is 2. The summed E-state index contributed by atoms with van der Waals surface area (Å²) < 4.78 is 9.63. The molecule has 1 aliphatic rings. The van der Waals surface area contributed by atoms with E-state index in [9.17, 15) is 14.4 Å². The summed E-state index contributed by atoms with van der Waals surface area (Å²) in [6, 6.07) is 6.76. The van der Waals surface area contributed by atoms with Crippen molar-refractivity contribution in [1.82, 2.24) is 0 Å². The lowest BCUT2D eigenvalue weighted by Gasteiger charge is -2.33. The van der Waals surface area contributed by atoms with Gasteiger partial charge in [0.15, 0.2) is 5.78 Å². The topological polar surface area (TPSA) is 76.2 Å². The number of benzene rings is 1. The number of allylic oxidation sites excluding steroid dienone is 1. The minimum absolute atomic E-state index is 0.0899. The van der Waals surface area contributed by atoms with Crippen LogP contribution >= 0.6 is 0 Å². The van der Waals surface area contributed by atoms with Crippen molar-refractivity contribution in [2.45, 2.75) is 32.6 Å². The summed E-state index contributed by atoms with van der Waals surface area (Å²) in [6.07, 6.45) is 2.88. The van der Waals surface area contributed by atoms with Crippen LogP contribution in [0.5, 0.6) is 0 Å². The molecule has 0 saturated carbocycles. The highest BCUT2D eigenvalue weighted by molar-refractivity contribution is 6.13. The van der Waals surface area contributed by atoms with Crippen LogP contribution in [0.15, 0.2) is 36.2 Å². The number of nitrogens with zero attached hydrogens (tertiary/aromatic N) is 2. The normalized spacial score (nSPS) is 13.0. The number of methoxy groups -OCH3 is 2. The van der Waals surface area contributed by atoms with E-state index in [4.69, 9.17) is 9.47 Å². The average Bonchev–Trinajstić information content (AvgIpc) is 2.65. The van der Waals surface area contributed by atoms with Gasteiger partial charge in [0.2, 0.25) is 0 Å². The summed E-state index contributed by atoms with van der Waals surface area (Å²) in [4.78, 5) is 39.5. The Morgan fingerprint density at radius 2 is 1.60 bits per heavy atom. The van der Waals surface area contributed by atoms with E-state index < -0.39 is 12.2 Å². The molecule has 0 radical (unpaired) electrons. The van der Waals surface area contributed by atoms with E-state index in [1.807, 2.05) is 6.92 Å². The lowest BCUT2D eigenvalue weighted by Crippen LogP contribution is -2.41. The number of hydrogen-bond acceptors (Lipinski definition) is 5. The van der Waals surface area contributed by atoms with Gasteiger partial charge in [-0.25, -0.2) is 19.4 Å². The van der Waals surface area contributed by atoms with Crippen molar-refractivity contribution in [3.05, 3.63) is 36.2 Å². The minimum Gasteiger partial charge on any atom is -0.452 e. The Hall–Kier alpha value is -2.83. The second kappa shape index (κ2) is 8.32. The lowest BCUT2D eigenvalue weighted by atomic mass is 10.1. The highest BCUT2D eigenvalue weighted by Crippen LogP contribution is 2.37. The summed E-state index contributed by atoms with van der Waals surface area (Å²) in [5.74, 6) is -0.234. The standard InChI is InChI=1S/C18H22N2O5/c1-4-5-6-11-16(21)15-12-19(17(22)24-2)13-9-7-8-10-14(13)20(15)18(23)25-3/h7-10,12H,4-6,11H2,1-3H3. The number of ketones is 1. The number of ether oxygens (including phenoxy) is 2. The van der Waals surface area contributed by atoms with Crippen molar-refractivity contribution in [3.8, 4) is 0 Å². The molecule has 0 saturated heterocycles. The van der Waals surface area contributed by atoms with Gasteiger partial charge in [-0.15, -0.1) is 0 Å². The van der Waals surface area contributed by atoms with Crippen LogP contribution in [0.4, 0.5) is 21.0 Å². The fourth-order valence-electron chi connectivity index (χ4n) is 2.63. The molecule has 1 aromatic carbocycles. The van der Waals surface area contributed by atoms with Crippen LogP contribution in [0.3, 0.4) is 0 Å². The summed E-state index contributed by atoms with van der Waals surface area (Å²) in [7, 11) is 2.50. The molecule has 0 atom stereocenters. The van der Waals surface area contributed by atoms with E-state index in [-0.39, 0.29) is 17.9 Å². The SMILES string of the molecule is CCCCCC(=O)C1=CN(C(=O)OC)c2ccccc2N1C(=O)OC. The first kappa shape index (κ1) is 18.5. The van der Waals surface area contributed by atoms with Crippen LogP contribution in [-0.2, 0) is 14.3 Å². The Morgan fingerprint density at radius 3 is 2.20 bits per heavy atom. The third-order valence-corrected chi connectivity index (χ3v) is 3.90. The molecule has 0 aromatic heterocycles. The van der Waals surface area contributed by atoms with Gasteiger partial charge in [-0.3, -0.25) is 4.79 Å². The molecular formula is C18H22N2O5. The molecule has 7 heteroatoms. The van der Waals surface area contributed by atoms with E-state index in [1.54, 1.807) is 24.3 Å². The minimum atomic E-state index is -0.688. The van der Waals surface area contributed by atoms with Crippen molar-refractivity contribution in [2.24, 2.45) is 0 Å². The van der Waals surface area contributed by atoms with Gasteiger partial charge in [0.1, 0.15) is 5.70 Å². The second-order valence-electron chi connectivity index (χ2n) is 5.53. The molecule has 0 fully saturated rings. The van der Waals surface area contributed by atoms with Crippen LogP contribution < -0.4 is 9.80 Å². The maximum absolute atomic E-state index is 12.7. The third kappa shape index (κ3) is 3.81. The zero-order valence-corrected chi connectivity index (χ0v) is 14.7. The van der Waals surface area contributed by atoms with E-state index in [2.05, 4.69) is 0 Å². The summed E-state index contributed by atoms with van der Waals surface area (Å²) in [5.41, 5.74) is 0.915. The molecule has 134 valence electrons. The number of unbranched alkanes of at least 4 members (excludes halogenated alkanes) is 2. The van der Waals surface area contributed by atoms with E-state index in [0.717, 1.165) is 12.8 Å². The number of anilines is 2. The molecule has 1 heterocycles. The summed E-state index contributed by atoms with van der Waals surface area (Å²) in [5, 5.41) is 0. The average molecular weight is 346 g/mol. The largest absolute Gasteiger partial charge is 0.452 e. The number of para-hydroxylation sites is 2. The van der Waals surface area contributed by atoms with Crippen molar-refractivity contribution in [3.63, 3.8) is 0 Å². The molecule has 1 aliphatic heterocycles. The summed E-state index contributed by atoms with van der Waals surface area (Å²) in [6.45, 7) is 2.04. The monoisotopic (exact) mass is 346 g/mol. The Morgan fingerprint density at radius 1 is 0.960 bits per heavy atom. The van der Waals surface area contributed by atoms with Gasteiger partial charge in [0.25, 0.3) is 0 Å². The molecule has 0 bridgehead atoms. The van der Waals surface area contributed by atoms with E-state index >= 15 is 0 Å². The number of carbonyl (C=O) groups is 3. The van der Waals surface area contributed by atoms with Gasteiger partial charge < -0.3 is 9.47 Å². The van der Waals surface area contributed by atoms with Crippen LogP contribution in [0, 0.1) is 0 Å². The molecule has 0 unspecified atom stereocenters. The molecule has 0 aliphatic carbocycles. The smallest absolute Gasteiger partial charge is 0.418 e. The van der Waals surface area contributed by atoms with Crippen LogP contribution in [0.25, 0.3) is 0 Å². The Bertz CT molecular complexity index is 698. The Balaban J connectivity index is 2.49. The quantitative estimate of drug-likeness (QED) is 0.757. The molecule has 2 amide bonds. The predicted molar refractivity (Wildman–Crippen MR) is 93.4 cm³/mol. The van der Waals surface area contributed by atoms with Crippen LogP contribution in [0.2, 0.25) is 0 Å². The second-order valence-corrected chi connectivity index (χ2v) is 5.53. The molecule has 0 N–H and O–H groups in total. The summed E-state index contributed by atoms with van der Waals surface area (Å²) >= 11 is 0. The number of hydrogen-bond donors (Lipinski definition) is 0. The number of Topliss-reactive ketones (excluding diaryl/α,β-unsaturated/α-hetero) is 1. The Kier molecular flexibility index (Phi) is 6.16. The number of fused-ring (bicyclic) bond motifs is 1. The lowest BCUT2D eigenvalue weighted by molar-refractivity contribution is -0.115. The predicted octanol–water partition coefficient (Wildman–Crippen LogP) is 3.84. The highest BCUT2D eigenvalue weighted by Gasteiger charge is 2.35. The van der Waals surface area contributed by atoms with Crippen molar-refractivity contribution >= 4 is 29.3 Å². The molecule has 7 nitrogen and oxygen atoms in total. The van der Waals surface area contributed by atoms with Crippen molar-refractivity contribution < 1.29 is 23.9 Å². The fourth-order valence-corrected chi connectivity index (χ4v) is 2.63. The molecular weight excluding hydrogens is 324 g/mol. The first-order chi connectivity index (χ1) is 12.0. The van der Waals surface area contributed by atoms with E-state index in [0.29, 0.717) is 17.8 Å². The molecule has 1 aromatic rings. The first-order valence-electron chi connectivity index (χ1n) is 8.14. The highest BCUT2D eigenvalue weighted by atomic mass is 16.5.